The highest BCUT2D eigenvalue weighted by atomic mass is 35.5. The monoisotopic (exact) mass is 700 g/mol. The number of fused-ring (bicyclic) bond motifs is 5. The predicted molar refractivity (Wildman–Crippen MR) is 180 cm³/mol. The number of rotatable bonds is 6. The Balaban J connectivity index is 1.31. The zero-order valence-corrected chi connectivity index (χ0v) is 27.1. The number of hydrogen-bond donors (Lipinski definition) is 0. The Bertz CT molecular complexity index is 2310. The lowest BCUT2D eigenvalue weighted by Gasteiger charge is -2.32. The molecular formula is C34H19Cl2FN4O4S2. The molecule has 0 saturated heterocycles. The Morgan fingerprint density at radius 2 is 1.60 bits per heavy atom. The fourth-order valence-electron chi connectivity index (χ4n) is 6.14. The van der Waals surface area contributed by atoms with Gasteiger partial charge in [0, 0.05) is 21.4 Å². The van der Waals surface area contributed by atoms with Gasteiger partial charge in [0.15, 0.2) is 15.3 Å². The van der Waals surface area contributed by atoms with Crippen molar-refractivity contribution < 1.29 is 18.4 Å². The molecule has 8 nitrogen and oxygen atoms in total. The Kier molecular flexibility index (Phi) is 7.17. The van der Waals surface area contributed by atoms with E-state index in [0.29, 0.717) is 31.4 Å². The summed E-state index contributed by atoms with van der Waals surface area (Å²) >= 11 is 14.9. The first kappa shape index (κ1) is 29.8. The second-order valence-electron chi connectivity index (χ2n) is 10.9. The zero-order valence-electron chi connectivity index (χ0n) is 23.9. The summed E-state index contributed by atoms with van der Waals surface area (Å²) in [4.78, 5) is 46.8. The molecule has 0 aliphatic carbocycles. The van der Waals surface area contributed by atoms with Crippen molar-refractivity contribution in [3.63, 3.8) is 0 Å². The van der Waals surface area contributed by atoms with Gasteiger partial charge in [-0.15, -0.1) is 10.2 Å². The van der Waals surface area contributed by atoms with Crippen molar-refractivity contribution in [2.24, 2.45) is 0 Å². The van der Waals surface area contributed by atoms with Crippen LogP contribution in [0.4, 0.5) is 15.2 Å². The number of halogens is 3. The average molecular weight is 702 g/mol. The molecule has 0 N–H and O–H groups in total. The molecule has 1 unspecified atom stereocenters. The van der Waals surface area contributed by atoms with Crippen LogP contribution in [-0.2, 0) is 22.6 Å². The van der Waals surface area contributed by atoms with E-state index in [1.54, 1.807) is 59.5 Å². The number of benzene rings is 4. The number of anilines is 2. The second kappa shape index (κ2) is 11.3. The van der Waals surface area contributed by atoms with Crippen molar-refractivity contribution in [1.29, 1.82) is 0 Å². The molecule has 0 saturated carbocycles. The minimum atomic E-state index is -1.94. The van der Waals surface area contributed by atoms with E-state index in [2.05, 4.69) is 10.2 Å². The lowest BCUT2D eigenvalue weighted by atomic mass is 9.84. The van der Waals surface area contributed by atoms with E-state index in [4.69, 9.17) is 27.6 Å². The van der Waals surface area contributed by atoms with Crippen LogP contribution in [0.25, 0.3) is 11.0 Å². The summed E-state index contributed by atoms with van der Waals surface area (Å²) in [6.07, 6.45) is 0. The molecule has 1 atom stereocenters. The van der Waals surface area contributed by atoms with E-state index in [1.807, 2.05) is 12.1 Å². The minimum absolute atomic E-state index is 0.107. The first-order valence-electron chi connectivity index (χ1n) is 14.2. The summed E-state index contributed by atoms with van der Waals surface area (Å²) < 4.78 is 20.1. The summed E-state index contributed by atoms with van der Waals surface area (Å²) in [5, 5.41) is 9.77. The van der Waals surface area contributed by atoms with Crippen LogP contribution in [0.3, 0.4) is 0 Å². The van der Waals surface area contributed by atoms with Crippen LogP contribution < -0.4 is 15.2 Å². The molecule has 2 aromatic heterocycles. The van der Waals surface area contributed by atoms with Gasteiger partial charge in [-0.25, -0.2) is 4.39 Å². The third-order valence-electron chi connectivity index (χ3n) is 8.20. The van der Waals surface area contributed by atoms with Gasteiger partial charge in [0.05, 0.1) is 23.2 Å². The van der Waals surface area contributed by atoms with Crippen molar-refractivity contribution >= 4 is 79.9 Å². The van der Waals surface area contributed by atoms with Crippen molar-refractivity contribution in [3.05, 3.63) is 145 Å². The Labute approximate surface area is 284 Å². The number of hydrogen-bond acceptors (Lipinski definition) is 8. The topological polar surface area (TPSA) is 96.6 Å². The van der Waals surface area contributed by atoms with E-state index in [-0.39, 0.29) is 39.8 Å². The third kappa shape index (κ3) is 4.68. The summed E-state index contributed by atoms with van der Waals surface area (Å²) in [7, 11) is 0. The summed E-state index contributed by atoms with van der Waals surface area (Å²) in [5.74, 6) is -1.34. The van der Waals surface area contributed by atoms with Crippen LogP contribution in [0.2, 0.25) is 10.0 Å². The van der Waals surface area contributed by atoms with Crippen LogP contribution in [-0.4, -0.2) is 22.0 Å². The van der Waals surface area contributed by atoms with Crippen LogP contribution in [0.5, 0.6) is 0 Å². The maximum atomic E-state index is 15.1. The molecule has 0 fully saturated rings. The van der Waals surface area contributed by atoms with Gasteiger partial charge in [0.1, 0.15) is 11.4 Å². The molecule has 2 aliphatic heterocycles. The third-order valence-corrected chi connectivity index (χ3v) is 10.8. The van der Waals surface area contributed by atoms with E-state index < -0.39 is 22.8 Å². The molecule has 47 heavy (non-hydrogen) atoms. The standard InChI is InChI=1S/C34H19Cl2FN4O4S2/c35-20-9-5-18(6-10-20)16-40-25-4-2-1-3-24(25)34(31(40)44)27-28(42)23-15-21(36)11-14-26(23)45-29(27)30(43)41(34)32-38-39-33(47-32)46-17-19-7-12-22(37)13-8-19/h1-15H,16-17H2. The highest BCUT2D eigenvalue weighted by Gasteiger charge is 2.66. The molecule has 1 spiro atoms. The number of amides is 2. The maximum absolute atomic E-state index is 15.1. The highest BCUT2D eigenvalue weighted by molar-refractivity contribution is 8.00. The van der Waals surface area contributed by atoms with Gasteiger partial charge in [-0.05, 0) is 59.7 Å². The van der Waals surface area contributed by atoms with Gasteiger partial charge in [0.2, 0.25) is 10.9 Å². The second-order valence-corrected chi connectivity index (χ2v) is 14.0. The van der Waals surface area contributed by atoms with Gasteiger partial charge >= 0.3 is 0 Å². The normalized spacial score (nSPS) is 16.8. The molecule has 0 radical (unpaired) electrons. The van der Waals surface area contributed by atoms with Gasteiger partial charge in [0.25, 0.3) is 11.8 Å². The lowest BCUT2D eigenvalue weighted by Crippen LogP contribution is -2.53. The van der Waals surface area contributed by atoms with E-state index in [9.17, 15) is 14.0 Å². The molecule has 8 rings (SSSR count). The number of carbonyl (C=O) groups excluding carboxylic acids is 2. The van der Waals surface area contributed by atoms with Crippen molar-refractivity contribution in [3.8, 4) is 0 Å². The van der Waals surface area contributed by atoms with Crippen LogP contribution >= 0.6 is 46.3 Å². The largest absolute Gasteiger partial charge is 0.450 e. The van der Waals surface area contributed by atoms with Crippen molar-refractivity contribution in [2.45, 2.75) is 22.2 Å². The highest BCUT2D eigenvalue weighted by Crippen LogP contribution is 2.55. The van der Waals surface area contributed by atoms with E-state index in [1.165, 1.54) is 40.9 Å². The van der Waals surface area contributed by atoms with Gasteiger partial charge in [-0.2, -0.15) is 0 Å². The Morgan fingerprint density at radius 1 is 0.872 bits per heavy atom. The van der Waals surface area contributed by atoms with Gasteiger partial charge in [-0.3, -0.25) is 19.3 Å². The first-order valence-corrected chi connectivity index (χ1v) is 16.8. The molecule has 4 heterocycles. The number of aromatic nitrogens is 2. The Hall–Kier alpha value is -4.55. The lowest BCUT2D eigenvalue weighted by molar-refractivity contribution is -0.121. The minimum Gasteiger partial charge on any atom is -0.450 e. The summed E-state index contributed by atoms with van der Waals surface area (Å²) in [5.41, 5.74) is 0.175. The first-order chi connectivity index (χ1) is 22.8. The fraction of sp³-hybridized carbons (Fsp3) is 0.0882. The molecule has 4 aromatic carbocycles. The number of thioether (sulfide) groups is 1. The predicted octanol–water partition coefficient (Wildman–Crippen LogP) is 7.83. The maximum Gasteiger partial charge on any atom is 0.297 e. The number of para-hydroxylation sites is 1. The van der Waals surface area contributed by atoms with Crippen LogP contribution in [0.15, 0.2) is 105 Å². The van der Waals surface area contributed by atoms with Crippen LogP contribution in [0.1, 0.15) is 32.8 Å². The van der Waals surface area contributed by atoms with Crippen molar-refractivity contribution in [2.75, 3.05) is 9.80 Å². The van der Waals surface area contributed by atoms with Gasteiger partial charge < -0.3 is 9.32 Å². The zero-order chi connectivity index (χ0) is 32.4. The van der Waals surface area contributed by atoms with E-state index in [0.717, 1.165) is 22.5 Å². The van der Waals surface area contributed by atoms with Crippen molar-refractivity contribution in [1.82, 2.24) is 10.2 Å². The quantitative estimate of drug-likeness (QED) is 0.129. The number of nitrogens with zero attached hydrogens (tertiary/aromatic N) is 4. The molecule has 0 bridgehead atoms. The molecule has 2 amide bonds. The fourth-order valence-corrected chi connectivity index (χ4v) is 8.29. The molecule has 13 heteroatoms. The van der Waals surface area contributed by atoms with Gasteiger partial charge in [-0.1, -0.05) is 88.8 Å². The molecule has 232 valence electrons. The SMILES string of the molecule is O=C1c2oc3ccc(Cl)cc3c(=O)c2C2(C(=O)N(Cc3ccc(Cl)cc3)c3ccccc32)N1c1nnc(SCc2ccc(F)cc2)s1. The summed E-state index contributed by atoms with van der Waals surface area (Å²) in [6.45, 7) is 0.145. The number of carbonyl (C=O) groups is 2. The Morgan fingerprint density at radius 3 is 2.38 bits per heavy atom. The molecular weight excluding hydrogens is 682 g/mol. The molecule has 2 aliphatic rings. The summed E-state index contributed by atoms with van der Waals surface area (Å²) in [6, 6.07) is 24.8. The average Bonchev–Trinajstić information content (AvgIpc) is 3.71. The van der Waals surface area contributed by atoms with Crippen LogP contribution in [0, 0.1) is 5.82 Å². The van der Waals surface area contributed by atoms with E-state index >= 15 is 4.79 Å². The molecule has 6 aromatic rings. The smallest absolute Gasteiger partial charge is 0.297 e.